The number of benzene rings is 2. The third-order valence-electron chi connectivity index (χ3n) is 2.85. The number of carbonyl (C=O) groups is 2. The maximum atomic E-state index is 11.9. The first-order valence-corrected chi connectivity index (χ1v) is 7.90. The van der Waals surface area contributed by atoms with E-state index < -0.39 is 11.8 Å². The van der Waals surface area contributed by atoms with Gasteiger partial charge in [0.2, 0.25) is 0 Å². The molecule has 2 amide bonds. The van der Waals surface area contributed by atoms with Crippen molar-refractivity contribution >= 4 is 52.8 Å². The number of amides is 2. The third-order valence-corrected chi connectivity index (χ3v) is 3.65. The zero-order valence-electron chi connectivity index (χ0n) is 12.2. The number of carbonyl (C=O) groups excluding carboxylic acids is 2. The molecule has 0 aromatic heterocycles. The highest BCUT2D eigenvalue weighted by molar-refractivity contribution is 6.36. The summed E-state index contributed by atoms with van der Waals surface area (Å²) in [4.78, 5) is 23.5. The quantitative estimate of drug-likeness (QED) is 0.611. The zero-order chi connectivity index (χ0) is 17.5. The maximum absolute atomic E-state index is 11.9. The standard InChI is InChI=1S/C16H12Cl3N3O2/c17-12-3-1-2-10(6-12)16(24)20-9-15(23)22-21-8-11-4-5-13(18)7-14(11)19/h1-8H,9H2,(H,20,24)(H,22,23). The van der Waals surface area contributed by atoms with Crippen molar-refractivity contribution in [3.8, 4) is 0 Å². The number of hydrogen-bond acceptors (Lipinski definition) is 3. The van der Waals surface area contributed by atoms with Gasteiger partial charge >= 0.3 is 0 Å². The molecule has 0 heterocycles. The molecule has 2 rings (SSSR count). The summed E-state index contributed by atoms with van der Waals surface area (Å²) in [7, 11) is 0. The van der Waals surface area contributed by atoms with Gasteiger partial charge in [-0.25, -0.2) is 5.43 Å². The van der Waals surface area contributed by atoms with Crippen LogP contribution in [-0.4, -0.2) is 24.6 Å². The average molecular weight is 385 g/mol. The Kier molecular flexibility index (Phi) is 6.61. The molecule has 8 heteroatoms. The molecule has 0 aliphatic carbocycles. The van der Waals surface area contributed by atoms with E-state index >= 15 is 0 Å². The van der Waals surface area contributed by atoms with Crippen LogP contribution in [0.3, 0.4) is 0 Å². The summed E-state index contributed by atoms with van der Waals surface area (Å²) in [6.07, 6.45) is 1.38. The summed E-state index contributed by atoms with van der Waals surface area (Å²) >= 11 is 17.6. The average Bonchev–Trinajstić information content (AvgIpc) is 2.54. The van der Waals surface area contributed by atoms with Crippen molar-refractivity contribution in [2.45, 2.75) is 0 Å². The van der Waals surface area contributed by atoms with Gasteiger partial charge in [-0.1, -0.05) is 46.9 Å². The first kappa shape index (κ1) is 18.3. The minimum absolute atomic E-state index is 0.225. The molecular formula is C16H12Cl3N3O2. The number of hydrazone groups is 1. The van der Waals surface area contributed by atoms with Crippen LogP contribution in [0.4, 0.5) is 0 Å². The molecule has 0 bridgehead atoms. The Labute approximate surface area is 153 Å². The summed E-state index contributed by atoms with van der Waals surface area (Å²) in [5.41, 5.74) is 3.26. The highest BCUT2D eigenvalue weighted by Gasteiger charge is 2.07. The normalized spacial score (nSPS) is 10.6. The first-order valence-electron chi connectivity index (χ1n) is 6.76. The first-order chi connectivity index (χ1) is 11.5. The Bertz CT molecular complexity index is 794. The molecule has 0 unspecified atom stereocenters. The predicted octanol–water partition coefficient (Wildman–Crippen LogP) is 3.53. The molecule has 24 heavy (non-hydrogen) atoms. The van der Waals surface area contributed by atoms with Gasteiger partial charge in [-0.15, -0.1) is 0 Å². The van der Waals surface area contributed by atoms with Gasteiger partial charge in [0.05, 0.1) is 17.8 Å². The van der Waals surface area contributed by atoms with E-state index in [0.29, 0.717) is 26.2 Å². The molecule has 5 nitrogen and oxygen atoms in total. The SMILES string of the molecule is O=C(CNC(=O)c1cccc(Cl)c1)NN=Cc1ccc(Cl)cc1Cl. The van der Waals surface area contributed by atoms with Crippen molar-refractivity contribution in [1.29, 1.82) is 0 Å². The molecule has 0 aliphatic heterocycles. The number of rotatable bonds is 5. The number of nitrogens with one attached hydrogen (secondary N) is 2. The fraction of sp³-hybridized carbons (Fsp3) is 0.0625. The molecule has 0 aliphatic rings. The van der Waals surface area contributed by atoms with Crippen LogP contribution < -0.4 is 10.7 Å². The molecule has 0 saturated heterocycles. The Morgan fingerprint density at radius 3 is 2.50 bits per heavy atom. The second-order valence-corrected chi connectivity index (χ2v) is 5.93. The molecule has 2 aromatic rings. The van der Waals surface area contributed by atoms with E-state index in [4.69, 9.17) is 34.8 Å². The highest BCUT2D eigenvalue weighted by atomic mass is 35.5. The molecule has 2 N–H and O–H groups in total. The topological polar surface area (TPSA) is 70.6 Å². The van der Waals surface area contributed by atoms with Gasteiger partial charge in [0.25, 0.3) is 11.8 Å². The van der Waals surface area contributed by atoms with E-state index in [9.17, 15) is 9.59 Å². The van der Waals surface area contributed by atoms with E-state index in [1.54, 1.807) is 36.4 Å². The van der Waals surface area contributed by atoms with E-state index in [1.165, 1.54) is 12.3 Å². The van der Waals surface area contributed by atoms with Gasteiger partial charge in [0.15, 0.2) is 0 Å². The maximum Gasteiger partial charge on any atom is 0.259 e. The Balaban J connectivity index is 1.83. The van der Waals surface area contributed by atoms with Crippen molar-refractivity contribution in [3.63, 3.8) is 0 Å². The third kappa shape index (κ3) is 5.53. The summed E-state index contributed by atoms with van der Waals surface area (Å²) < 4.78 is 0. The van der Waals surface area contributed by atoms with Crippen LogP contribution in [-0.2, 0) is 4.79 Å². The Morgan fingerprint density at radius 1 is 1.04 bits per heavy atom. The van der Waals surface area contributed by atoms with Crippen LogP contribution in [0.1, 0.15) is 15.9 Å². The van der Waals surface area contributed by atoms with Gasteiger partial charge in [-0.2, -0.15) is 5.10 Å². The fourth-order valence-corrected chi connectivity index (χ4v) is 2.36. The molecule has 0 fully saturated rings. The largest absolute Gasteiger partial charge is 0.343 e. The van der Waals surface area contributed by atoms with Crippen LogP contribution >= 0.6 is 34.8 Å². The molecule has 0 spiro atoms. The van der Waals surface area contributed by atoms with E-state index in [-0.39, 0.29) is 6.54 Å². The zero-order valence-corrected chi connectivity index (χ0v) is 14.5. The van der Waals surface area contributed by atoms with Gasteiger partial charge in [-0.3, -0.25) is 9.59 Å². The second-order valence-electron chi connectivity index (χ2n) is 4.65. The lowest BCUT2D eigenvalue weighted by Gasteiger charge is -2.04. The number of nitrogens with zero attached hydrogens (tertiary/aromatic N) is 1. The van der Waals surface area contributed by atoms with Crippen molar-refractivity contribution in [2.24, 2.45) is 5.10 Å². The van der Waals surface area contributed by atoms with Crippen molar-refractivity contribution in [3.05, 3.63) is 68.7 Å². The minimum Gasteiger partial charge on any atom is -0.343 e. The van der Waals surface area contributed by atoms with Crippen LogP contribution in [0.5, 0.6) is 0 Å². The Morgan fingerprint density at radius 2 is 1.79 bits per heavy atom. The second kappa shape index (κ2) is 8.68. The highest BCUT2D eigenvalue weighted by Crippen LogP contribution is 2.19. The minimum atomic E-state index is -0.480. The van der Waals surface area contributed by atoms with Gasteiger partial charge < -0.3 is 5.32 Å². The summed E-state index contributed by atoms with van der Waals surface area (Å²) in [5.74, 6) is -0.885. The smallest absolute Gasteiger partial charge is 0.259 e. The molecule has 0 radical (unpaired) electrons. The molecule has 2 aromatic carbocycles. The van der Waals surface area contributed by atoms with Crippen molar-refractivity contribution < 1.29 is 9.59 Å². The van der Waals surface area contributed by atoms with Gasteiger partial charge in [0.1, 0.15) is 0 Å². The number of hydrogen-bond donors (Lipinski definition) is 2. The molecule has 124 valence electrons. The van der Waals surface area contributed by atoms with Crippen molar-refractivity contribution in [1.82, 2.24) is 10.7 Å². The molecular weight excluding hydrogens is 373 g/mol. The predicted molar refractivity (Wildman–Crippen MR) is 96.0 cm³/mol. The lowest BCUT2D eigenvalue weighted by molar-refractivity contribution is -0.120. The monoisotopic (exact) mass is 383 g/mol. The summed E-state index contributed by atoms with van der Waals surface area (Å²) in [6, 6.07) is 11.3. The molecule has 0 saturated carbocycles. The Hall–Kier alpha value is -2.08. The van der Waals surface area contributed by atoms with Crippen LogP contribution in [0.25, 0.3) is 0 Å². The van der Waals surface area contributed by atoms with Crippen LogP contribution in [0.15, 0.2) is 47.6 Å². The van der Waals surface area contributed by atoms with Crippen LogP contribution in [0.2, 0.25) is 15.1 Å². The number of halogens is 3. The lowest BCUT2D eigenvalue weighted by atomic mass is 10.2. The van der Waals surface area contributed by atoms with E-state index in [2.05, 4.69) is 15.8 Å². The van der Waals surface area contributed by atoms with Crippen molar-refractivity contribution in [2.75, 3.05) is 6.54 Å². The summed E-state index contributed by atoms with van der Waals surface area (Å²) in [6.45, 7) is -0.225. The molecule has 0 atom stereocenters. The van der Waals surface area contributed by atoms with E-state index in [1.807, 2.05) is 0 Å². The van der Waals surface area contributed by atoms with Gasteiger partial charge in [-0.05, 0) is 30.3 Å². The van der Waals surface area contributed by atoms with Gasteiger partial charge in [0, 0.05) is 21.2 Å². The van der Waals surface area contributed by atoms with E-state index in [0.717, 1.165) is 0 Å². The lowest BCUT2D eigenvalue weighted by Crippen LogP contribution is -2.34. The fourth-order valence-electron chi connectivity index (χ4n) is 1.71. The van der Waals surface area contributed by atoms with Crippen LogP contribution in [0, 0.1) is 0 Å². The summed E-state index contributed by atoms with van der Waals surface area (Å²) in [5, 5.41) is 7.60.